The van der Waals surface area contributed by atoms with Crippen LogP contribution in [0.15, 0.2) is 66.7 Å². The summed E-state index contributed by atoms with van der Waals surface area (Å²) in [6.45, 7) is 0. The van der Waals surface area contributed by atoms with E-state index in [1.807, 2.05) is 24.3 Å². The summed E-state index contributed by atoms with van der Waals surface area (Å²) in [5, 5.41) is 2.44. The Balaban J connectivity index is 2.15. The summed E-state index contributed by atoms with van der Waals surface area (Å²) in [7, 11) is 3.88. The SMILES string of the molecule is COc1ccc2ccccc2c1[B]c1ccccc1. The first-order valence-corrected chi connectivity index (χ1v) is 6.34. The Bertz CT molecular complexity index is 692. The third-order valence-electron chi connectivity index (χ3n) is 3.26. The minimum absolute atomic E-state index is 0.905. The molecule has 0 saturated heterocycles. The molecule has 0 saturated carbocycles. The van der Waals surface area contributed by atoms with Crippen molar-refractivity contribution in [2.45, 2.75) is 0 Å². The summed E-state index contributed by atoms with van der Waals surface area (Å²) >= 11 is 0. The zero-order valence-electron chi connectivity index (χ0n) is 10.8. The van der Waals surface area contributed by atoms with Crippen LogP contribution in [0.1, 0.15) is 0 Å². The van der Waals surface area contributed by atoms with Gasteiger partial charge in [0.05, 0.1) is 7.11 Å². The average molecular weight is 245 g/mol. The molecule has 3 rings (SSSR count). The molecule has 3 aromatic carbocycles. The lowest BCUT2D eigenvalue weighted by Crippen LogP contribution is -2.28. The Morgan fingerprint density at radius 2 is 1.53 bits per heavy atom. The van der Waals surface area contributed by atoms with Crippen LogP contribution in [-0.4, -0.2) is 14.4 Å². The lowest BCUT2D eigenvalue weighted by atomic mass is 9.62. The number of fused-ring (bicyclic) bond motifs is 1. The van der Waals surface area contributed by atoms with Crippen molar-refractivity contribution in [2.24, 2.45) is 0 Å². The van der Waals surface area contributed by atoms with Crippen molar-refractivity contribution in [3.8, 4) is 5.75 Å². The van der Waals surface area contributed by atoms with Crippen molar-refractivity contribution in [1.29, 1.82) is 0 Å². The summed E-state index contributed by atoms with van der Waals surface area (Å²) in [6.07, 6.45) is 0. The average Bonchev–Trinajstić information content (AvgIpc) is 2.49. The van der Waals surface area contributed by atoms with Gasteiger partial charge in [0.25, 0.3) is 0 Å². The second kappa shape index (κ2) is 5.19. The number of hydrogen-bond donors (Lipinski definition) is 0. The summed E-state index contributed by atoms with van der Waals surface area (Å²) in [5.41, 5.74) is 2.31. The minimum Gasteiger partial charge on any atom is -0.497 e. The van der Waals surface area contributed by atoms with Gasteiger partial charge in [0, 0.05) is 0 Å². The topological polar surface area (TPSA) is 9.23 Å². The quantitative estimate of drug-likeness (QED) is 0.644. The molecule has 0 bridgehead atoms. The Morgan fingerprint density at radius 1 is 0.789 bits per heavy atom. The van der Waals surface area contributed by atoms with E-state index in [1.54, 1.807) is 7.11 Å². The van der Waals surface area contributed by atoms with Crippen molar-refractivity contribution in [3.05, 3.63) is 66.7 Å². The first kappa shape index (κ1) is 11.9. The van der Waals surface area contributed by atoms with Crippen LogP contribution >= 0.6 is 0 Å². The van der Waals surface area contributed by atoms with E-state index in [2.05, 4.69) is 49.7 Å². The molecule has 0 aliphatic heterocycles. The Kier molecular flexibility index (Phi) is 3.24. The highest BCUT2D eigenvalue weighted by Gasteiger charge is 2.09. The highest BCUT2D eigenvalue weighted by Crippen LogP contribution is 2.17. The van der Waals surface area contributed by atoms with Crippen LogP contribution in [0.5, 0.6) is 5.75 Å². The van der Waals surface area contributed by atoms with E-state index in [-0.39, 0.29) is 0 Å². The fourth-order valence-electron chi connectivity index (χ4n) is 2.32. The van der Waals surface area contributed by atoms with Crippen LogP contribution in [0, 0.1) is 0 Å². The van der Waals surface area contributed by atoms with Gasteiger partial charge in [-0.1, -0.05) is 66.1 Å². The third-order valence-corrected chi connectivity index (χ3v) is 3.26. The van der Waals surface area contributed by atoms with Crippen molar-refractivity contribution < 1.29 is 4.74 Å². The summed E-state index contributed by atoms with van der Waals surface area (Å²) in [5.74, 6) is 0.905. The minimum atomic E-state index is 0.905. The van der Waals surface area contributed by atoms with Gasteiger partial charge in [0.15, 0.2) is 7.28 Å². The van der Waals surface area contributed by atoms with E-state index in [0.717, 1.165) is 11.2 Å². The number of methoxy groups -OCH3 is 1. The van der Waals surface area contributed by atoms with Crippen LogP contribution in [-0.2, 0) is 0 Å². The molecule has 91 valence electrons. The van der Waals surface area contributed by atoms with Crippen LogP contribution in [0.25, 0.3) is 10.8 Å². The van der Waals surface area contributed by atoms with E-state index >= 15 is 0 Å². The fraction of sp³-hybridized carbons (Fsp3) is 0.0588. The van der Waals surface area contributed by atoms with Gasteiger partial charge in [-0.3, -0.25) is 0 Å². The van der Waals surface area contributed by atoms with Crippen LogP contribution in [0.3, 0.4) is 0 Å². The normalized spacial score (nSPS) is 10.4. The van der Waals surface area contributed by atoms with E-state index in [4.69, 9.17) is 4.74 Å². The Hall–Kier alpha value is -2.22. The molecule has 0 atom stereocenters. The Labute approximate surface area is 114 Å². The maximum Gasteiger partial charge on any atom is 0.197 e. The molecule has 0 amide bonds. The molecular formula is C17H14BO. The second-order valence-electron chi connectivity index (χ2n) is 4.46. The standard InChI is InChI=1S/C17H14BO/c1-19-16-12-11-13-7-5-6-10-15(13)17(16)18-14-8-3-2-4-9-14/h2-12H,1H3. The molecule has 0 N–H and O–H groups in total. The first-order chi connectivity index (χ1) is 9.38. The molecular weight excluding hydrogens is 231 g/mol. The van der Waals surface area contributed by atoms with E-state index in [1.165, 1.54) is 16.2 Å². The van der Waals surface area contributed by atoms with Gasteiger partial charge in [0.2, 0.25) is 0 Å². The summed E-state index contributed by atoms with van der Waals surface area (Å²) in [6, 6.07) is 22.8. The van der Waals surface area contributed by atoms with Crippen LogP contribution in [0.2, 0.25) is 0 Å². The number of rotatable bonds is 3. The largest absolute Gasteiger partial charge is 0.497 e. The zero-order chi connectivity index (χ0) is 13.1. The molecule has 2 heteroatoms. The highest BCUT2D eigenvalue weighted by molar-refractivity contribution is 6.70. The molecule has 0 heterocycles. The van der Waals surface area contributed by atoms with Crippen molar-refractivity contribution >= 4 is 29.0 Å². The monoisotopic (exact) mass is 245 g/mol. The molecule has 3 aromatic rings. The highest BCUT2D eigenvalue weighted by atomic mass is 16.5. The molecule has 0 fully saturated rings. The maximum atomic E-state index is 5.49. The smallest absolute Gasteiger partial charge is 0.197 e. The fourth-order valence-corrected chi connectivity index (χ4v) is 2.32. The molecule has 0 aliphatic rings. The van der Waals surface area contributed by atoms with Crippen molar-refractivity contribution in [2.75, 3.05) is 7.11 Å². The molecule has 0 unspecified atom stereocenters. The van der Waals surface area contributed by atoms with Crippen LogP contribution < -0.4 is 15.7 Å². The van der Waals surface area contributed by atoms with Gasteiger partial charge in [-0.15, -0.1) is 0 Å². The van der Waals surface area contributed by atoms with E-state index in [0.29, 0.717) is 0 Å². The lowest BCUT2D eigenvalue weighted by molar-refractivity contribution is 0.418. The van der Waals surface area contributed by atoms with Gasteiger partial charge in [-0.2, -0.15) is 0 Å². The second-order valence-corrected chi connectivity index (χ2v) is 4.46. The van der Waals surface area contributed by atoms with E-state index < -0.39 is 0 Å². The molecule has 1 radical (unpaired) electrons. The maximum absolute atomic E-state index is 5.49. The summed E-state index contributed by atoms with van der Waals surface area (Å²) < 4.78 is 5.49. The van der Waals surface area contributed by atoms with Gasteiger partial charge >= 0.3 is 0 Å². The van der Waals surface area contributed by atoms with Crippen molar-refractivity contribution in [1.82, 2.24) is 0 Å². The molecule has 1 nitrogen and oxygen atoms in total. The molecule has 0 spiro atoms. The predicted octanol–water partition coefficient (Wildman–Crippen LogP) is 2.50. The Morgan fingerprint density at radius 3 is 2.32 bits per heavy atom. The van der Waals surface area contributed by atoms with Gasteiger partial charge in [0.1, 0.15) is 5.75 Å². The molecule has 19 heavy (non-hydrogen) atoms. The zero-order valence-corrected chi connectivity index (χ0v) is 10.8. The van der Waals surface area contributed by atoms with Crippen LogP contribution in [0.4, 0.5) is 0 Å². The van der Waals surface area contributed by atoms with E-state index in [9.17, 15) is 0 Å². The predicted molar refractivity (Wildman–Crippen MR) is 82.0 cm³/mol. The van der Waals surface area contributed by atoms with Gasteiger partial charge in [-0.25, -0.2) is 0 Å². The summed E-state index contributed by atoms with van der Waals surface area (Å²) in [4.78, 5) is 0. The first-order valence-electron chi connectivity index (χ1n) is 6.34. The molecule has 0 aliphatic carbocycles. The number of hydrogen-bond acceptors (Lipinski definition) is 1. The lowest BCUT2D eigenvalue weighted by Gasteiger charge is -2.11. The van der Waals surface area contributed by atoms with Crippen molar-refractivity contribution in [3.63, 3.8) is 0 Å². The number of benzene rings is 3. The van der Waals surface area contributed by atoms with Gasteiger partial charge in [-0.05, 0) is 22.3 Å². The third kappa shape index (κ3) is 2.34. The van der Waals surface area contributed by atoms with Gasteiger partial charge < -0.3 is 4.74 Å². The molecule has 0 aromatic heterocycles. The number of ether oxygens (including phenoxy) is 1.